The molecule has 6 heteroatoms. The van der Waals surface area contributed by atoms with Crippen LogP contribution in [0.5, 0.6) is 0 Å². The molecule has 0 N–H and O–H groups in total. The zero-order chi connectivity index (χ0) is 14.5. The summed E-state index contributed by atoms with van der Waals surface area (Å²) >= 11 is 0. The summed E-state index contributed by atoms with van der Waals surface area (Å²) in [6.07, 6.45) is 0. The van der Waals surface area contributed by atoms with E-state index in [2.05, 4.69) is 12.1 Å². The van der Waals surface area contributed by atoms with Gasteiger partial charge in [-0.15, -0.1) is 0 Å². The Morgan fingerprint density at radius 1 is 0.682 bits per heavy atom. The molecule has 0 saturated carbocycles. The normalized spacial score (nSPS) is 12.4. The fourth-order valence-electron chi connectivity index (χ4n) is 1.51. The predicted octanol–water partition coefficient (Wildman–Crippen LogP) is -0.790. The zero-order valence-electron chi connectivity index (χ0n) is 12.1. The van der Waals surface area contributed by atoms with Crippen LogP contribution in [0.4, 0.5) is 17.6 Å². The Morgan fingerprint density at radius 3 is 1.64 bits per heavy atom. The first-order valence-electron chi connectivity index (χ1n) is 5.65. The van der Waals surface area contributed by atoms with Crippen molar-refractivity contribution in [3.05, 3.63) is 83.4 Å². The third-order valence-electron chi connectivity index (χ3n) is 2.50. The molecule has 2 rings (SSSR count). The van der Waals surface area contributed by atoms with E-state index in [1.54, 1.807) is 6.07 Å². The van der Waals surface area contributed by atoms with E-state index in [0.29, 0.717) is 0 Å². The van der Waals surface area contributed by atoms with Crippen molar-refractivity contribution in [1.29, 1.82) is 0 Å². The molecule has 0 aliphatic heterocycles. The summed E-state index contributed by atoms with van der Waals surface area (Å²) < 4.78 is 54.6. The van der Waals surface area contributed by atoms with Gasteiger partial charge in [-0.1, -0.05) is 30.3 Å². The van der Waals surface area contributed by atoms with Gasteiger partial charge in [0.2, 0.25) is 0 Å². The van der Waals surface area contributed by atoms with Crippen LogP contribution in [0, 0.1) is 12.1 Å². The molecule has 0 spiro atoms. The summed E-state index contributed by atoms with van der Waals surface area (Å²) in [7, 11) is 0. The molecule has 0 heterocycles. The van der Waals surface area contributed by atoms with Gasteiger partial charge in [0, 0.05) is 5.56 Å². The Labute approximate surface area is 150 Å². The van der Waals surface area contributed by atoms with Gasteiger partial charge in [-0.25, -0.2) is 23.1 Å². The van der Waals surface area contributed by atoms with Crippen molar-refractivity contribution in [3.8, 4) is 0 Å². The van der Waals surface area contributed by atoms with Crippen LogP contribution in [-0.4, -0.2) is 0 Å². The summed E-state index contributed by atoms with van der Waals surface area (Å²) in [4.78, 5) is 0. The van der Waals surface area contributed by atoms with E-state index >= 15 is 0 Å². The first-order valence-corrected chi connectivity index (χ1v) is 5.65. The molecule has 22 heavy (non-hydrogen) atoms. The molecule has 0 atom stereocenters. The summed E-state index contributed by atoms with van der Waals surface area (Å²) in [6, 6.07) is 15.5. The minimum absolute atomic E-state index is 0. The zero-order valence-corrected chi connectivity index (χ0v) is 12.1. The van der Waals surface area contributed by atoms with Gasteiger partial charge in [0.1, 0.15) is 0 Å². The van der Waals surface area contributed by atoms with Crippen molar-refractivity contribution < 1.29 is 55.3 Å². The SMILES string of the molecule is FC(/C(F)=C(\F)c1ccccc1)=C(/F)c1c[c-]c[c-]c1.[Li+].[Li+]. The molecule has 2 aromatic rings. The van der Waals surface area contributed by atoms with Gasteiger partial charge < -0.3 is 18.2 Å². The van der Waals surface area contributed by atoms with Gasteiger partial charge in [0.05, 0.1) is 5.83 Å². The van der Waals surface area contributed by atoms with Crippen molar-refractivity contribution in [3.63, 3.8) is 0 Å². The van der Waals surface area contributed by atoms with Gasteiger partial charge >= 0.3 is 37.7 Å². The minimum atomic E-state index is -1.89. The minimum Gasteiger partial charge on any atom is -0.358 e. The van der Waals surface area contributed by atoms with E-state index in [9.17, 15) is 17.6 Å². The topological polar surface area (TPSA) is 0 Å². The standard InChI is InChI=1S/C16H8F4.2Li/c17-13(11-7-3-1-4-8-11)15(19)16(20)14(18)12-9-5-2-6-10-12;;/h1-4,7-10H;;/q-2;2*+1/b15-13+,16-14+;;. The predicted molar refractivity (Wildman–Crippen MR) is 68.8 cm³/mol. The van der Waals surface area contributed by atoms with Crippen LogP contribution in [-0.2, 0) is 0 Å². The fraction of sp³-hybridized carbons (Fsp3) is 0. The molecule has 102 valence electrons. The van der Waals surface area contributed by atoms with Crippen molar-refractivity contribution in [1.82, 2.24) is 0 Å². The van der Waals surface area contributed by atoms with Gasteiger partial charge in [-0.2, -0.15) is 0 Å². The van der Waals surface area contributed by atoms with Gasteiger partial charge in [-0.05, 0) is 0 Å². The molecule has 0 aliphatic rings. The number of rotatable bonds is 3. The number of hydrogen-bond donors (Lipinski definition) is 0. The molecule has 0 bridgehead atoms. The van der Waals surface area contributed by atoms with E-state index in [1.165, 1.54) is 30.3 Å². The molecule has 0 unspecified atom stereocenters. The van der Waals surface area contributed by atoms with Crippen LogP contribution >= 0.6 is 0 Å². The maximum absolute atomic E-state index is 13.7. The Hall–Kier alpha value is -1.17. The fourth-order valence-corrected chi connectivity index (χ4v) is 1.51. The van der Waals surface area contributed by atoms with Crippen LogP contribution in [0.25, 0.3) is 11.7 Å². The van der Waals surface area contributed by atoms with Crippen LogP contribution in [0.3, 0.4) is 0 Å². The van der Waals surface area contributed by atoms with E-state index < -0.39 is 23.3 Å². The average Bonchev–Trinajstić information content (AvgIpc) is 2.53. The van der Waals surface area contributed by atoms with Crippen molar-refractivity contribution in [2.75, 3.05) is 0 Å². The molecular formula is C16H8F4Li2. The van der Waals surface area contributed by atoms with Crippen LogP contribution in [0.2, 0.25) is 0 Å². The molecule has 0 aromatic heterocycles. The second-order valence-corrected chi connectivity index (χ2v) is 3.84. The third kappa shape index (κ3) is 4.94. The average molecular weight is 290 g/mol. The summed E-state index contributed by atoms with van der Waals surface area (Å²) in [5.74, 6) is -6.72. The first kappa shape index (κ1) is 20.8. The Balaban J connectivity index is 0.00000220. The van der Waals surface area contributed by atoms with E-state index in [1.807, 2.05) is 0 Å². The molecule has 0 aliphatic carbocycles. The van der Waals surface area contributed by atoms with E-state index in [4.69, 9.17) is 0 Å². The summed E-state index contributed by atoms with van der Waals surface area (Å²) in [5.41, 5.74) is -0.430. The third-order valence-corrected chi connectivity index (χ3v) is 2.50. The quantitative estimate of drug-likeness (QED) is 0.301. The molecule has 0 amide bonds. The second-order valence-electron chi connectivity index (χ2n) is 3.84. The summed E-state index contributed by atoms with van der Waals surface area (Å²) in [6.45, 7) is 0. The van der Waals surface area contributed by atoms with Crippen LogP contribution < -0.4 is 37.7 Å². The smallest absolute Gasteiger partial charge is 0.358 e. The number of halogens is 4. The molecular weight excluding hydrogens is 282 g/mol. The first-order chi connectivity index (χ1) is 9.61. The summed E-state index contributed by atoms with van der Waals surface area (Å²) in [5, 5.41) is 0. The van der Waals surface area contributed by atoms with Crippen LogP contribution in [0.1, 0.15) is 11.1 Å². The number of hydrogen-bond acceptors (Lipinski definition) is 0. The van der Waals surface area contributed by atoms with Gasteiger partial charge in [0.25, 0.3) is 0 Å². The maximum Gasteiger partial charge on any atom is 1.00 e. The largest absolute Gasteiger partial charge is 1.00 e. The molecule has 0 fully saturated rings. The monoisotopic (exact) mass is 290 g/mol. The van der Waals surface area contributed by atoms with E-state index in [0.717, 1.165) is 12.1 Å². The van der Waals surface area contributed by atoms with Crippen molar-refractivity contribution >= 4 is 11.7 Å². The van der Waals surface area contributed by atoms with Crippen molar-refractivity contribution in [2.45, 2.75) is 0 Å². The molecule has 0 radical (unpaired) electrons. The number of benzene rings is 2. The Kier molecular flexibility index (Phi) is 9.25. The molecule has 0 saturated heterocycles. The van der Waals surface area contributed by atoms with Crippen molar-refractivity contribution in [2.24, 2.45) is 0 Å². The number of allylic oxidation sites excluding steroid dienone is 2. The molecule has 2 aromatic carbocycles. The van der Waals surface area contributed by atoms with E-state index in [-0.39, 0.29) is 48.8 Å². The Morgan fingerprint density at radius 2 is 1.14 bits per heavy atom. The Bertz CT molecular complexity index is 593. The van der Waals surface area contributed by atoms with Gasteiger partial charge in [-0.3, -0.25) is 12.1 Å². The second kappa shape index (κ2) is 9.77. The van der Waals surface area contributed by atoms with Gasteiger partial charge in [0.15, 0.2) is 17.5 Å². The van der Waals surface area contributed by atoms with Crippen LogP contribution in [0.15, 0.2) is 60.2 Å². The maximum atomic E-state index is 13.7. The molecule has 0 nitrogen and oxygen atoms in total.